The van der Waals surface area contributed by atoms with E-state index in [0.29, 0.717) is 42.1 Å². The molecule has 2 aromatic heterocycles. The molecule has 152 valence electrons. The van der Waals surface area contributed by atoms with Crippen molar-refractivity contribution in [3.8, 4) is 11.6 Å². The third-order valence-corrected chi connectivity index (χ3v) is 5.31. The summed E-state index contributed by atoms with van der Waals surface area (Å²) >= 11 is 6.34. The van der Waals surface area contributed by atoms with Gasteiger partial charge in [-0.2, -0.15) is 4.98 Å². The second-order valence-corrected chi connectivity index (χ2v) is 7.16. The molecule has 1 unspecified atom stereocenters. The van der Waals surface area contributed by atoms with Gasteiger partial charge in [0.2, 0.25) is 11.7 Å². The molecule has 1 fully saturated rings. The van der Waals surface area contributed by atoms with Gasteiger partial charge in [-0.3, -0.25) is 9.80 Å². The fraction of sp³-hybridized carbons (Fsp3) is 0.350. The molecule has 0 N–H and O–H groups in total. The van der Waals surface area contributed by atoms with E-state index in [1.165, 1.54) is 7.11 Å². The number of benzene rings is 1. The molecule has 29 heavy (non-hydrogen) atoms. The molecule has 8 nitrogen and oxygen atoms in total. The second-order valence-electron chi connectivity index (χ2n) is 6.75. The lowest BCUT2D eigenvalue weighted by Gasteiger charge is -2.37. The van der Waals surface area contributed by atoms with Gasteiger partial charge in [0.15, 0.2) is 5.76 Å². The fourth-order valence-electron chi connectivity index (χ4n) is 3.48. The minimum atomic E-state index is -0.523. The number of piperazine rings is 1. The molecule has 1 aliphatic rings. The van der Waals surface area contributed by atoms with E-state index in [9.17, 15) is 4.79 Å². The van der Waals surface area contributed by atoms with Crippen LogP contribution in [0.5, 0.6) is 0 Å². The van der Waals surface area contributed by atoms with E-state index in [0.717, 1.165) is 18.7 Å². The van der Waals surface area contributed by atoms with Crippen molar-refractivity contribution in [3.05, 3.63) is 59.1 Å². The van der Waals surface area contributed by atoms with Crippen LogP contribution in [0.15, 0.2) is 51.6 Å². The van der Waals surface area contributed by atoms with Crippen LogP contribution < -0.4 is 0 Å². The summed E-state index contributed by atoms with van der Waals surface area (Å²) in [6, 6.07) is 10.4. The van der Waals surface area contributed by atoms with Crippen molar-refractivity contribution >= 4 is 17.6 Å². The third kappa shape index (κ3) is 4.34. The first-order valence-electron chi connectivity index (χ1n) is 9.31. The van der Waals surface area contributed by atoms with Crippen molar-refractivity contribution < 1.29 is 18.5 Å². The normalized spacial score (nSPS) is 16.6. The first-order valence-corrected chi connectivity index (χ1v) is 9.68. The Morgan fingerprint density at radius 3 is 2.69 bits per heavy atom. The highest BCUT2D eigenvalue weighted by Crippen LogP contribution is 2.29. The Bertz CT molecular complexity index is 951. The van der Waals surface area contributed by atoms with Crippen molar-refractivity contribution in [2.24, 2.45) is 0 Å². The van der Waals surface area contributed by atoms with Gasteiger partial charge in [0, 0.05) is 31.2 Å². The van der Waals surface area contributed by atoms with E-state index >= 15 is 0 Å². The number of carbonyl (C=O) groups excluding carboxylic acids is 1. The molecule has 1 atom stereocenters. The van der Waals surface area contributed by atoms with Gasteiger partial charge in [0.05, 0.1) is 19.9 Å². The lowest BCUT2D eigenvalue weighted by Crippen LogP contribution is -2.49. The molecule has 3 heterocycles. The molecule has 4 rings (SSSR count). The maximum absolute atomic E-state index is 12.5. The SMILES string of the molecule is COC(=O)C(c1ccccc1Cl)N1CCN(Cc2nc(-c3ccco3)no2)CC1. The number of hydrogen-bond donors (Lipinski definition) is 0. The van der Waals surface area contributed by atoms with Crippen molar-refractivity contribution in [2.75, 3.05) is 33.3 Å². The fourth-order valence-corrected chi connectivity index (χ4v) is 3.72. The summed E-state index contributed by atoms with van der Waals surface area (Å²) in [5.41, 5.74) is 0.759. The predicted octanol–water partition coefficient (Wildman–Crippen LogP) is 3.01. The van der Waals surface area contributed by atoms with Crippen molar-refractivity contribution in [3.63, 3.8) is 0 Å². The number of hydrogen-bond acceptors (Lipinski definition) is 8. The van der Waals surface area contributed by atoms with Crippen LogP contribution in [0.3, 0.4) is 0 Å². The third-order valence-electron chi connectivity index (χ3n) is 4.96. The van der Waals surface area contributed by atoms with Gasteiger partial charge in [-0.15, -0.1) is 0 Å². The van der Waals surface area contributed by atoms with Crippen LogP contribution in [0, 0.1) is 0 Å². The zero-order chi connectivity index (χ0) is 20.2. The lowest BCUT2D eigenvalue weighted by molar-refractivity contribution is -0.148. The van der Waals surface area contributed by atoms with E-state index in [2.05, 4.69) is 19.9 Å². The highest BCUT2D eigenvalue weighted by atomic mass is 35.5. The zero-order valence-corrected chi connectivity index (χ0v) is 16.7. The average Bonchev–Trinajstić information content (AvgIpc) is 3.42. The quantitative estimate of drug-likeness (QED) is 0.567. The topological polar surface area (TPSA) is 84.8 Å². The van der Waals surface area contributed by atoms with E-state index in [-0.39, 0.29) is 5.97 Å². The summed E-state index contributed by atoms with van der Waals surface area (Å²) in [6.07, 6.45) is 1.57. The Labute approximate surface area is 173 Å². The van der Waals surface area contributed by atoms with Crippen molar-refractivity contribution in [2.45, 2.75) is 12.6 Å². The smallest absolute Gasteiger partial charge is 0.327 e. The number of furan rings is 1. The molecular formula is C20H21ClN4O4. The van der Waals surface area contributed by atoms with Crippen molar-refractivity contribution in [1.82, 2.24) is 19.9 Å². The van der Waals surface area contributed by atoms with Gasteiger partial charge >= 0.3 is 5.97 Å². The molecule has 1 aromatic carbocycles. The highest BCUT2D eigenvalue weighted by Gasteiger charge is 2.32. The summed E-state index contributed by atoms with van der Waals surface area (Å²) < 4.78 is 15.7. The highest BCUT2D eigenvalue weighted by molar-refractivity contribution is 6.31. The number of esters is 1. The summed E-state index contributed by atoms with van der Waals surface area (Å²) in [4.78, 5) is 21.2. The van der Waals surface area contributed by atoms with Crippen LogP contribution in [0.4, 0.5) is 0 Å². The Hall–Kier alpha value is -2.68. The van der Waals surface area contributed by atoms with Gasteiger partial charge in [-0.25, -0.2) is 4.79 Å². The standard InChI is InChI=1S/C20H21ClN4O4/c1-27-20(26)18(14-5-2-3-6-15(14)21)25-10-8-24(9-11-25)13-17-22-19(23-29-17)16-7-4-12-28-16/h2-7,12,18H,8-11,13H2,1H3. The number of nitrogens with zero attached hydrogens (tertiary/aromatic N) is 4. The van der Waals surface area contributed by atoms with Crippen LogP contribution in [-0.2, 0) is 16.1 Å². The van der Waals surface area contributed by atoms with Crippen molar-refractivity contribution in [1.29, 1.82) is 0 Å². The second kappa shape index (κ2) is 8.77. The van der Waals surface area contributed by atoms with E-state index in [1.807, 2.05) is 18.2 Å². The Morgan fingerprint density at radius 2 is 2.00 bits per heavy atom. The molecular weight excluding hydrogens is 396 g/mol. The molecule has 0 radical (unpaired) electrons. The summed E-state index contributed by atoms with van der Waals surface area (Å²) in [7, 11) is 1.40. The molecule has 1 aliphatic heterocycles. The Balaban J connectivity index is 1.40. The van der Waals surface area contributed by atoms with Crippen LogP contribution in [-0.4, -0.2) is 59.2 Å². The number of ether oxygens (including phenoxy) is 1. The number of carbonyl (C=O) groups is 1. The molecule has 0 amide bonds. The number of rotatable bonds is 6. The zero-order valence-electron chi connectivity index (χ0n) is 16.0. The maximum atomic E-state index is 12.5. The Kier molecular flexibility index (Phi) is 5.94. The number of methoxy groups -OCH3 is 1. The van der Waals surface area contributed by atoms with Gasteiger partial charge in [0.25, 0.3) is 0 Å². The molecule has 0 saturated carbocycles. The van der Waals surface area contributed by atoms with Crippen LogP contribution in [0.25, 0.3) is 11.6 Å². The monoisotopic (exact) mass is 416 g/mol. The van der Waals surface area contributed by atoms with Gasteiger partial charge in [-0.05, 0) is 23.8 Å². The minimum Gasteiger partial charge on any atom is -0.468 e. The van der Waals surface area contributed by atoms with Crippen LogP contribution in [0.2, 0.25) is 5.02 Å². The number of aromatic nitrogens is 2. The molecule has 0 spiro atoms. The maximum Gasteiger partial charge on any atom is 0.327 e. The van der Waals surface area contributed by atoms with E-state index in [1.54, 1.807) is 24.5 Å². The summed E-state index contributed by atoms with van der Waals surface area (Å²) in [5.74, 6) is 1.23. The van der Waals surface area contributed by atoms with E-state index in [4.69, 9.17) is 25.3 Å². The molecule has 0 aliphatic carbocycles. The molecule has 9 heteroatoms. The van der Waals surface area contributed by atoms with E-state index < -0.39 is 6.04 Å². The number of halogens is 1. The first kappa shape index (κ1) is 19.6. The molecule has 0 bridgehead atoms. The summed E-state index contributed by atoms with van der Waals surface area (Å²) in [6.45, 7) is 3.40. The molecule has 3 aromatic rings. The first-order chi connectivity index (χ1) is 14.2. The summed E-state index contributed by atoms with van der Waals surface area (Å²) in [5, 5.41) is 4.52. The van der Waals surface area contributed by atoms with Gasteiger partial charge in [0.1, 0.15) is 6.04 Å². The Morgan fingerprint density at radius 1 is 1.21 bits per heavy atom. The van der Waals surface area contributed by atoms with Crippen LogP contribution in [0.1, 0.15) is 17.5 Å². The predicted molar refractivity (Wildman–Crippen MR) is 105 cm³/mol. The average molecular weight is 417 g/mol. The van der Waals surface area contributed by atoms with Crippen LogP contribution >= 0.6 is 11.6 Å². The van der Waals surface area contributed by atoms with Gasteiger partial charge in [-0.1, -0.05) is 35.0 Å². The lowest BCUT2D eigenvalue weighted by atomic mass is 10.0. The van der Waals surface area contributed by atoms with Gasteiger partial charge < -0.3 is 13.7 Å². The minimum absolute atomic E-state index is 0.313. The molecule has 1 saturated heterocycles. The largest absolute Gasteiger partial charge is 0.468 e.